The first-order chi connectivity index (χ1) is 3.13. The maximum atomic E-state index is 9.19. The van der Waals surface area contributed by atoms with E-state index in [4.69, 9.17) is 0 Å². The van der Waals surface area contributed by atoms with Gasteiger partial charge in [-0.2, -0.15) is 0 Å². The van der Waals surface area contributed by atoms with Crippen LogP contribution >= 0.6 is 0 Å². The molecule has 5 nitrogen and oxygen atoms in total. The van der Waals surface area contributed by atoms with Crippen LogP contribution in [0.4, 0.5) is 0 Å². The van der Waals surface area contributed by atoms with Crippen molar-refractivity contribution in [1.29, 1.82) is 0 Å². The van der Waals surface area contributed by atoms with Gasteiger partial charge in [-0.1, -0.05) is 0 Å². The fourth-order valence-corrected chi connectivity index (χ4v) is 0.408. The summed E-state index contributed by atoms with van der Waals surface area (Å²) in [5.41, 5.74) is 0. The predicted molar refractivity (Wildman–Crippen MR) is 24.7 cm³/mol. The molecular formula is CaO5S2. The summed E-state index contributed by atoms with van der Waals surface area (Å²) in [6, 6.07) is 0. The van der Waals surface area contributed by atoms with Crippen molar-refractivity contribution in [2.24, 2.45) is 0 Å². The topological polar surface area (TPSA) is 89.5 Å². The fraction of sp³-hybridized carbons (Fsp3) is 0. The van der Waals surface area contributed by atoms with Gasteiger partial charge in [0.25, 0.3) is 0 Å². The van der Waals surface area contributed by atoms with Crippen LogP contribution in [-0.2, 0) is 26.4 Å². The molecule has 0 fully saturated rings. The van der Waals surface area contributed by atoms with Crippen LogP contribution in [0.15, 0.2) is 0 Å². The van der Waals surface area contributed by atoms with Gasteiger partial charge in [0, 0.05) is 0 Å². The summed E-state index contributed by atoms with van der Waals surface area (Å²) in [6.07, 6.45) is 0. The maximum absolute atomic E-state index is 9.19. The summed E-state index contributed by atoms with van der Waals surface area (Å²) in [7, 11) is 0. The molecule has 0 aliphatic carbocycles. The SMILES string of the molecule is O=S([O-])OS(=O)[O-].[Ca+2]. The van der Waals surface area contributed by atoms with Crippen molar-refractivity contribution in [1.82, 2.24) is 0 Å². The first-order valence-corrected chi connectivity index (χ1v) is 3.00. The van der Waals surface area contributed by atoms with E-state index in [2.05, 4.69) is 3.63 Å². The van der Waals surface area contributed by atoms with Gasteiger partial charge in [-0.3, -0.25) is 0 Å². The Labute approximate surface area is 80.8 Å². The van der Waals surface area contributed by atoms with E-state index in [9.17, 15) is 17.5 Å². The van der Waals surface area contributed by atoms with E-state index < -0.39 is 22.7 Å². The van der Waals surface area contributed by atoms with E-state index in [1.54, 1.807) is 0 Å². The quantitative estimate of drug-likeness (QED) is 0.373. The van der Waals surface area contributed by atoms with Gasteiger partial charge < -0.3 is 9.11 Å². The zero-order valence-corrected chi connectivity index (χ0v) is 7.41. The zero-order chi connectivity index (χ0) is 5.86. The molecule has 0 unspecified atom stereocenters. The third kappa shape index (κ3) is 10.4. The second-order valence-electron chi connectivity index (χ2n) is 0.476. The van der Waals surface area contributed by atoms with Crippen LogP contribution in [0.5, 0.6) is 0 Å². The predicted octanol–water partition coefficient (Wildman–Crippen LogP) is -1.79. The van der Waals surface area contributed by atoms with E-state index >= 15 is 0 Å². The zero-order valence-electron chi connectivity index (χ0n) is 3.56. The second-order valence-corrected chi connectivity index (χ2v) is 1.84. The molecule has 0 aliphatic rings. The Balaban J connectivity index is 0. The summed E-state index contributed by atoms with van der Waals surface area (Å²) in [6.45, 7) is 0. The molecule has 0 aromatic rings. The van der Waals surface area contributed by atoms with Crippen LogP contribution in [0.1, 0.15) is 0 Å². The molecule has 0 N–H and O–H groups in total. The van der Waals surface area contributed by atoms with Crippen LogP contribution in [-0.4, -0.2) is 55.3 Å². The third-order valence-corrected chi connectivity index (χ3v) is 1.00. The van der Waals surface area contributed by atoms with Crippen molar-refractivity contribution in [3.05, 3.63) is 0 Å². The minimum atomic E-state index is -2.96. The minimum absolute atomic E-state index is 0. The molecule has 0 bridgehead atoms. The molecule has 0 saturated heterocycles. The average molecular weight is 184 g/mol. The summed E-state index contributed by atoms with van der Waals surface area (Å²) in [5, 5.41) is 0. The van der Waals surface area contributed by atoms with Gasteiger partial charge in [0.05, 0.1) is 22.7 Å². The fourth-order valence-electron chi connectivity index (χ4n) is 0.0454. The molecule has 44 valence electrons. The van der Waals surface area contributed by atoms with Crippen LogP contribution in [0.25, 0.3) is 0 Å². The summed E-state index contributed by atoms with van der Waals surface area (Å²) >= 11 is -5.92. The van der Waals surface area contributed by atoms with Crippen molar-refractivity contribution in [2.45, 2.75) is 0 Å². The Hall–Kier alpha value is 1.44. The Kier molecular flexibility index (Phi) is 9.96. The van der Waals surface area contributed by atoms with E-state index in [0.717, 1.165) is 0 Å². The minimum Gasteiger partial charge on any atom is -0.749 e. The van der Waals surface area contributed by atoms with Crippen molar-refractivity contribution in [3.63, 3.8) is 0 Å². The second kappa shape index (κ2) is 6.56. The first-order valence-electron chi connectivity index (χ1n) is 1.00. The summed E-state index contributed by atoms with van der Waals surface area (Å²) < 4.78 is 39.9. The Morgan fingerprint density at radius 1 is 1.12 bits per heavy atom. The van der Waals surface area contributed by atoms with E-state index in [1.807, 2.05) is 0 Å². The van der Waals surface area contributed by atoms with Crippen molar-refractivity contribution in [3.8, 4) is 0 Å². The van der Waals surface area contributed by atoms with Crippen LogP contribution < -0.4 is 0 Å². The molecule has 0 radical (unpaired) electrons. The molecule has 0 aromatic heterocycles. The molecule has 8 heavy (non-hydrogen) atoms. The monoisotopic (exact) mass is 184 g/mol. The number of hydrogen-bond donors (Lipinski definition) is 0. The average Bonchev–Trinajstić information content (AvgIpc) is 1.27. The molecule has 0 heterocycles. The number of hydrogen-bond acceptors (Lipinski definition) is 5. The van der Waals surface area contributed by atoms with Crippen molar-refractivity contribution < 1.29 is 21.2 Å². The van der Waals surface area contributed by atoms with Crippen molar-refractivity contribution >= 4 is 60.5 Å². The van der Waals surface area contributed by atoms with Crippen LogP contribution in [0.2, 0.25) is 0 Å². The normalized spacial score (nSPS) is 16.2. The smallest absolute Gasteiger partial charge is 0.749 e. The van der Waals surface area contributed by atoms with Gasteiger partial charge in [-0.15, -0.1) is 0 Å². The van der Waals surface area contributed by atoms with Crippen LogP contribution in [0, 0.1) is 0 Å². The molecule has 8 heteroatoms. The van der Waals surface area contributed by atoms with Gasteiger partial charge in [0.1, 0.15) is 0 Å². The molecule has 0 atom stereocenters. The van der Waals surface area contributed by atoms with Gasteiger partial charge in [-0.25, -0.2) is 12.0 Å². The van der Waals surface area contributed by atoms with Gasteiger partial charge >= 0.3 is 37.7 Å². The summed E-state index contributed by atoms with van der Waals surface area (Å²) in [4.78, 5) is 0. The third-order valence-electron chi connectivity index (χ3n) is 0.111. The standard InChI is InChI=1S/Ca.H2O5S2/c;1-6(2)5-7(3)4/h;(H,1,2)(H,3,4)/q+2;/p-2. The Morgan fingerprint density at radius 3 is 1.38 bits per heavy atom. The maximum Gasteiger partial charge on any atom is 2.00 e. The number of rotatable bonds is 2. The van der Waals surface area contributed by atoms with E-state index in [-0.39, 0.29) is 37.7 Å². The molecule has 0 amide bonds. The van der Waals surface area contributed by atoms with Gasteiger partial charge in [0.2, 0.25) is 0 Å². The Bertz CT molecular complexity index is 86.6. The molecule has 0 aromatic carbocycles. The summed E-state index contributed by atoms with van der Waals surface area (Å²) in [5.74, 6) is 0. The van der Waals surface area contributed by atoms with Crippen molar-refractivity contribution in [2.75, 3.05) is 0 Å². The molecule has 0 saturated carbocycles. The molecule has 0 aliphatic heterocycles. The molecule has 0 rings (SSSR count). The van der Waals surface area contributed by atoms with Gasteiger partial charge in [-0.05, 0) is 0 Å². The van der Waals surface area contributed by atoms with E-state index in [0.29, 0.717) is 0 Å². The molecular weight excluding hydrogens is 184 g/mol. The Morgan fingerprint density at radius 2 is 1.38 bits per heavy atom. The van der Waals surface area contributed by atoms with Gasteiger partial charge in [0.15, 0.2) is 0 Å². The largest absolute Gasteiger partial charge is 2.00 e. The molecule has 0 spiro atoms. The van der Waals surface area contributed by atoms with Crippen LogP contribution in [0.3, 0.4) is 0 Å². The van der Waals surface area contributed by atoms with E-state index in [1.165, 1.54) is 0 Å². The first kappa shape index (κ1) is 12.1.